The van der Waals surface area contributed by atoms with Crippen LogP contribution < -0.4 is 10.2 Å². The van der Waals surface area contributed by atoms with Gasteiger partial charge in [0.05, 0.1) is 24.6 Å². The van der Waals surface area contributed by atoms with E-state index in [2.05, 4.69) is 68.2 Å². The first-order valence-electron chi connectivity index (χ1n) is 9.80. The highest BCUT2D eigenvalue weighted by molar-refractivity contribution is 5.71. The predicted molar refractivity (Wildman–Crippen MR) is 113 cm³/mol. The van der Waals surface area contributed by atoms with Gasteiger partial charge in [0.25, 0.3) is 0 Å². The Bertz CT molecular complexity index is 1100. The van der Waals surface area contributed by atoms with Crippen LogP contribution in [0.2, 0.25) is 0 Å². The largest absolute Gasteiger partial charge is 0.379 e. The molecule has 1 fully saturated rings. The third-order valence-electron chi connectivity index (χ3n) is 5.20. The highest BCUT2D eigenvalue weighted by atomic mass is 16.5. The van der Waals surface area contributed by atoms with Crippen molar-refractivity contribution in [2.45, 2.75) is 6.54 Å². The normalized spacial score (nSPS) is 14.3. The Labute approximate surface area is 168 Å². The standard InChI is InChI=1S/C22H22N6O/c1-2-6-17(7-3-1)19-14-18(22-24-25-26-28(22)16-19)15-23-20-8-4-5-9-21(20)27-10-12-29-13-11-27/h1-9,14,16,23H,10-13,15H2. The molecule has 0 bridgehead atoms. The average Bonchev–Trinajstić information content (AvgIpc) is 3.28. The van der Waals surface area contributed by atoms with E-state index in [0.717, 1.165) is 54.3 Å². The number of fused-ring (bicyclic) bond motifs is 1. The van der Waals surface area contributed by atoms with Gasteiger partial charge in [-0.15, -0.1) is 5.10 Å². The number of tetrazole rings is 1. The molecule has 1 aliphatic rings. The first kappa shape index (κ1) is 17.6. The SMILES string of the molecule is c1ccc(-c2cc(CNc3ccccc3N3CCOCC3)c3nnnn3c2)cc1. The van der Waals surface area contributed by atoms with Crippen molar-refractivity contribution in [2.24, 2.45) is 0 Å². The second-order valence-electron chi connectivity index (χ2n) is 7.04. The van der Waals surface area contributed by atoms with Crippen LogP contribution in [0.4, 0.5) is 11.4 Å². The quantitative estimate of drug-likeness (QED) is 0.568. The summed E-state index contributed by atoms with van der Waals surface area (Å²) in [5.74, 6) is 0. The van der Waals surface area contributed by atoms with Gasteiger partial charge in [-0.1, -0.05) is 42.5 Å². The van der Waals surface area contributed by atoms with Crippen LogP contribution in [0.5, 0.6) is 0 Å². The molecule has 0 spiro atoms. The summed E-state index contributed by atoms with van der Waals surface area (Å²) in [6.07, 6.45) is 1.97. The third kappa shape index (κ3) is 3.64. The second-order valence-corrected chi connectivity index (χ2v) is 7.04. The number of aromatic nitrogens is 4. The molecule has 0 amide bonds. The summed E-state index contributed by atoms with van der Waals surface area (Å²) in [5, 5.41) is 15.8. The summed E-state index contributed by atoms with van der Waals surface area (Å²) in [6, 6.07) is 20.8. The van der Waals surface area contributed by atoms with Gasteiger partial charge in [0.1, 0.15) is 0 Å². The van der Waals surface area contributed by atoms with E-state index >= 15 is 0 Å². The molecule has 7 nitrogen and oxygen atoms in total. The van der Waals surface area contributed by atoms with Gasteiger partial charge in [-0.25, -0.2) is 0 Å². The van der Waals surface area contributed by atoms with Gasteiger partial charge in [-0.05, 0) is 34.2 Å². The predicted octanol–water partition coefficient (Wildman–Crippen LogP) is 3.24. The molecule has 0 unspecified atom stereocenters. The molecule has 5 rings (SSSR count). The van der Waals surface area contributed by atoms with Gasteiger partial charge in [0, 0.05) is 37.0 Å². The number of hydrogen-bond acceptors (Lipinski definition) is 6. The zero-order valence-electron chi connectivity index (χ0n) is 16.0. The molecule has 1 aliphatic heterocycles. The lowest BCUT2D eigenvalue weighted by molar-refractivity contribution is 0.123. The molecule has 0 aliphatic carbocycles. The van der Waals surface area contributed by atoms with Gasteiger partial charge in [0.15, 0.2) is 5.65 Å². The first-order chi connectivity index (χ1) is 14.4. The fourth-order valence-electron chi connectivity index (χ4n) is 3.73. The Morgan fingerprint density at radius 1 is 0.931 bits per heavy atom. The fourth-order valence-corrected chi connectivity index (χ4v) is 3.73. The van der Waals surface area contributed by atoms with Crippen LogP contribution in [-0.4, -0.2) is 46.3 Å². The van der Waals surface area contributed by atoms with Crippen LogP contribution in [0, 0.1) is 0 Å². The van der Waals surface area contributed by atoms with Crippen LogP contribution in [0.15, 0.2) is 66.9 Å². The Hall–Kier alpha value is -3.45. The minimum Gasteiger partial charge on any atom is -0.379 e. The minimum absolute atomic E-state index is 0.631. The van der Waals surface area contributed by atoms with Crippen molar-refractivity contribution >= 4 is 17.0 Å². The van der Waals surface area contributed by atoms with Crippen LogP contribution in [0.1, 0.15) is 5.56 Å². The highest BCUT2D eigenvalue weighted by Crippen LogP contribution is 2.28. The Balaban J connectivity index is 1.45. The maximum absolute atomic E-state index is 5.50. The Kier molecular flexibility index (Phi) is 4.80. The topological polar surface area (TPSA) is 67.6 Å². The van der Waals surface area contributed by atoms with Crippen LogP contribution >= 0.6 is 0 Å². The number of ether oxygens (including phenoxy) is 1. The summed E-state index contributed by atoms with van der Waals surface area (Å²) in [5.41, 5.74) is 6.34. The van der Waals surface area contributed by atoms with E-state index in [9.17, 15) is 0 Å². The van der Waals surface area contributed by atoms with Gasteiger partial charge in [0.2, 0.25) is 0 Å². The molecular formula is C22H22N6O. The van der Waals surface area contributed by atoms with Crippen molar-refractivity contribution in [2.75, 3.05) is 36.5 Å². The van der Waals surface area contributed by atoms with E-state index in [1.54, 1.807) is 4.52 Å². The van der Waals surface area contributed by atoms with E-state index in [0.29, 0.717) is 6.54 Å². The van der Waals surface area contributed by atoms with E-state index in [4.69, 9.17) is 4.74 Å². The summed E-state index contributed by atoms with van der Waals surface area (Å²) in [6.45, 7) is 3.96. The molecule has 0 saturated carbocycles. The summed E-state index contributed by atoms with van der Waals surface area (Å²) in [4.78, 5) is 2.36. The Morgan fingerprint density at radius 3 is 2.59 bits per heavy atom. The third-order valence-corrected chi connectivity index (χ3v) is 5.20. The maximum atomic E-state index is 5.50. The van der Waals surface area contributed by atoms with Gasteiger partial charge >= 0.3 is 0 Å². The number of nitrogens with one attached hydrogen (secondary N) is 1. The van der Waals surface area contributed by atoms with Gasteiger partial charge in [-0.3, -0.25) is 0 Å². The maximum Gasteiger partial charge on any atom is 0.184 e. The summed E-state index contributed by atoms with van der Waals surface area (Å²) < 4.78 is 7.24. The van der Waals surface area contributed by atoms with Crippen LogP contribution in [0.3, 0.4) is 0 Å². The number of para-hydroxylation sites is 2. The molecule has 2 aromatic carbocycles. The van der Waals surface area contributed by atoms with E-state index in [-0.39, 0.29) is 0 Å². The molecule has 7 heteroatoms. The van der Waals surface area contributed by atoms with Crippen LogP contribution in [0.25, 0.3) is 16.8 Å². The van der Waals surface area contributed by atoms with Gasteiger partial charge < -0.3 is 15.0 Å². The molecule has 3 heterocycles. The second kappa shape index (κ2) is 7.89. The number of benzene rings is 2. The molecule has 0 atom stereocenters. The van der Waals surface area contributed by atoms with E-state index < -0.39 is 0 Å². The van der Waals surface area contributed by atoms with Crippen molar-refractivity contribution in [3.63, 3.8) is 0 Å². The monoisotopic (exact) mass is 386 g/mol. The van der Waals surface area contributed by atoms with Crippen molar-refractivity contribution in [3.8, 4) is 11.1 Å². The number of rotatable bonds is 5. The lowest BCUT2D eigenvalue weighted by Crippen LogP contribution is -2.36. The number of morpholine rings is 1. The zero-order valence-corrected chi connectivity index (χ0v) is 16.0. The smallest absolute Gasteiger partial charge is 0.184 e. The van der Waals surface area contributed by atoms with Crippen molar-refractivity contribution in [1.82, 2.24) is 20.0 Å². The number of hydrogen-bond donors (Lipinski definition) is 1. The molecule has 146 valence electrons. The number of nitrogens with zero attached hydrogens (tertiary/aromatic N) is 5. The fraction of sp³-hybridized carbons (Fsp3) is 0.227. The Morgan fingerprint density at radius 2 is 1.72 bits per heavy atom. The van der Waals surface area contributed by atoms with E-state index in [1.165, 1.54) is 5.69 Å². The summed E-state index contributed by atoms with van der Waals surface area (Å²) in [7, 11) is 0. The van der Waals surface area contributed by atoms with Crippen LogP contribution in [-0.2, 0) is 11.3 Å². The van der Waals surface area contributed by atoms with E-state index in [1.807, 2.05) is 24.4 Å². The minimum atomic E-state index is 0.631. The number of pyridine rings is 1. The molecule has 29 heavy (non-hydrogen) atoms. The molecule has 2 aromatic heterocycles. The molecular weight excluding hydrogens is 364 g/mol. The van der Waals surface area contributed by atoms with Crippen molar-refractivity contribution in [3.05, 3.63) is 72.4 Å². The van der Waals surface area contributed by atoms with Crippen molar-refractivity contribution < 1.29 is 4.74 Å². The zero-order chi connectivity index (χ0) is 19.5. The van der Waals surface area contributed by atoms with Crippen molar-refractivity contribution in [1.29, 1.82) is 0 Å². The lowest BCUT2D eigenvalue weighted by atomic mass is 10.1. The molecule has 4 aromatic rings. The van der Waals surface area contributed by atoms with Gasteiger partial charge in [-0.2, -0.15) is 4.52 Å². The molecule has 1 N–H and O–H groups in total. The lowest BCUT2D eigenvalue weighted by Gasteiger charge is -2.30. The number of anilines is 2. The molecule has 0 radical (unpaired) electrons. The highest BCUT2D eigenvalue weighted by Gasteiger charge is 2.15. The molecule has 1 saturated heterocycles. The summed E-state index contributed by atoms with van der Waals surface area (Å²) >= 11 is 0. The average molecular weight is 386 g/mol. The first-order valence-corrected chi connectivity index (χ1v) is 9.80.